The number of hydrogen-bond acceptors (Lipinski definition) is 7. The number of piperidine rings is 1. The molecule has 2 aromatic rings. The van der Waals surface area contributed by atoms with Crippen molar-refractivity contribution >= 4 is 23.8 Å². The molecular formula is C24H39F2N7O2. The number of allylic oxidation sites excluding steroid dienone is 3. The van der Waals surface area contributed by atoms with Crippen molar-refractivity contribution in [2.75, 3.05) is 37.6 Å². The molecule has 9 nitrogen and oxygen atoms in total. The van der Waals surface area contributed by atoms with E-state index in [1.165, 1.54) is 12.3 Å². The number of anilines is 2. The maximum Gasteiger partial charge on any atom is 0.271 e. The minimum atomic E-state index is -0.417. The van der Waals surface area contributed by atoms with Gasteiger partial charge in [0.2, 0.25) is 5.95 Å². The number of hydrogen-bond donors (Lipinski definition) is 3. The normalized spacial score (nSPS) is 12.2. The molecule has 0 aromatic carbocycles. The molecule has 1 saturated heterocycles. The average molecular weight is 496 g/mol. The molecule has 0 saturated carbocycles. The zero-order valence-electron chi connectivity index (χ0n) is 21.1. The SMILES string of the molecule is C/C=C\CC=O.C=CCF.CC.CF.Nc1cn[nH]c1C(=O)NC1CCN(c2ncccn2)CC1. The van der Waals surface area contributed by atoms with Crippen molar-refractivity contribution in [2.45, 2.75) is 46.1 Å². The molecule has 3 rings (SSSR count). The summed E-state index contributed by atoms with van der Waals surface area (Å²) in [5, 5.41) is 9.34. The van der Waals surface area contributed by atoms with Crippen LogP contribution >= 0.6 is 0 Å². The molecule has 0 aliphatic carbocycles. The van der Waals surface area contributed by atoms with E-state index in [-0.39, 0.29) is 11.9 Å². The lowest BCUT2D eigenvalue weighted by atomic mass is 10.1. The van der Waals surface area contributed by atoms with Gasteiger partial charge in [0.15, 0.2) is 0 Å². The molecule has 0 spiro atoms. The fourth-order valence-electron chi connectivity index (χ4n) is 2.60. The van der Waals surface area contributed by atoms with Gasteiger partial charge in [-0.25, -0.2) is 14.4 Å². The number of carbonyl (C=O) groups excluding carboxylic acids is 2. The topological polar surface area (TPSA) is 130 Å². The van der Waals surface area contributed by atoms with Crippen LogP contribution in [0, 0.1) is 0 Å². The number of rotatable bonds is 6. The predicted molar refractivity (Wildman–Crippen MR) is 138 cm³/mol. The van der Waals surface area contributed by atoms with Crippen LogP contribution in [0.25, 0.3) is 0 Å². The summed E-state index contributed by atoms with van der Waals surface area (Å²) < 4.78 is 20.1. The highest BCUT2D eigenvalue weighted by Gasteiger charge is 2.23. The molecule has 3 heterocycles. The number of alkyl halides is 2. The smallest absolute Gasteiger partial charge is 0.271 e. The first-order chi connectivity index (χ1) is 17.1. The third-order valence-electron chi connectivity index (χ3n) is 4.14. The van der Waals surface area contributed by atoms with Gasteiger partial charge in [0.25, 0.3) is 5.91 Å². The molecule has 1 aliphatic rings. The van der Waals surface area contributed by atoms with E-state index in [0.717, 1.165) is 38.2 Å². The number of nitrogens with zero attached hydrogens (tertiary/aromatic N) is 4. The second-order valence-corrected chi connectivity index (χ2v) is 6.40. The first kappa shape index (κ1) is 33.5. The molecule has 196 valence electrons. The van der Waals surface area contributed by atoms with E-state index < -0.39 is 6.67 Å². The minimum Gasteiger partial charge on any atom is -0.396 e. The predicted octanol–water partition coefficient (Wildman–Crippen LogP) is 4.09. The van der Waals surface area contributed by atoms with Gasteiger partial charge >= 0.3 is 0 Å². The number of nitrogens with one attached hydrogen (secondary N) is 2. The number of halogens is 2. The summed E-state index contributed by atoms with van der Waals surface area (Å²) in [6.07, 6.45) is 12.9. The van der Waals surface area contributed by atoms with Gasteiger partial charge in [-0.1, -0.05) is 32.1 Å². The Morgan fingerprint density at radius 1 is 1.29 bits per heavy atom. The fourth-order valence-corrected chi connectivity index (χ4v) is 2.60. The van der Waals surface area contributed by atoms with Gasteiger partial charge in [-0.05, 0) is 25.8 Å². The number of aromatic amines is 1. The van der Waals surface area contributed by atoms with Crippen molar-refractivity contribution in [3.8, 4) is 0 Å². The molecular weight excluding hydrogens is 456 g/mol. The highest BCUT2D eigenvalue weighted by molar-refractivity contribution is 5.97. The Morgan fingerprint density at radius 2 is 1.86 bits per heavy atom. The number of nitrogen functional groups attached to an aromatic ring is 1. The zero-order valence-corrected chi connectivity index (χ0v) is 21.1. The highest BCUT2D eigenvalue weighted by Crippen LogP contribution is 2.16. The number of aldehydes is 1. The van der Waals surface area contributed by atoms with Gasteiger partial charge in [-0.2, -0.15) is 5.10 Å². The Hall–Kier alpha value is -3.63. The van der Waals surface area contributed by atoms with Gasteiger partial charge in [-0.3, -0.25) is 14.3 Å². The van der Waals surface area contributed by atoms with E-state index >= 15 is 0 Å². The lowest BCUT2D eigenvalue weighted by molar-refractivity contribution is -0.107. The van der Waals surface area contributed by atoms with Crippen LogP contribution in [0.15, 0.2) is 49.5 Å². The van der Waals surface area contributed by atoms with Crippen molar-refractivity contribution in [3.63, 3.8) is 0 Å². The molecule has 0 bridgehead atoms. The molecule has 4 N–H and O–H groups in total. The number of carbonyl (C=O) groups is 2. The minimum absolute atomic E-state index is 0.125. The van der Waals surface area contributed by atoms with Crippen molar-refractivity contribution in [3.05, 3.63) is 55.2 Å². The second-order valence-electron chi connectivity index (χ2n) is 6.40. The van der Waals surface area contributed by atoms with Crippen LogP contribution in [-0.2, 0) is 4.79 Å². The van der Waals surface area contributed by atoms with Crippen molar-refractivity contribution < 1.29 is 18.4 Å². The molecule has 0 atom stereocenters. The van der Waals surface area contributed by atoms with Crippen molar-refractivity contribution in [1.29, 1.82) is 0 Å². The van der Waals surface area contributed by atoms with E-state index in [0.29, 0.717) is 25.0 Å². The molecule has 35 heavy (non-hydrogen) atoms. The quantitative estimate of drug-likeness (QED) is 0.406. The first-order valence-corrected chi connectivity index (χ1v) is 11.3. The van der Waals surface area contributed by atoms with Gasteiger partial charge in [0.1, 0.15) is 18.7 Å². The molecule has 1 aliphatic heterocycles. The highest BCUT2D eigenvalue weighted by atomic mass is 19.1. The number of amides is 1. The average Bonchev–Trinajstić information content (AvgIpc) is 3.37. The first-order valence-electron chi connectivity index (χ1n) is 11.3. The molecule has 1 amide bonds. The van der Waals surface area contributed by atoms with Crippen LogP contribution in [0.4, 0.5) is 20.4 Å². The van der Waals surface area contributed by atoms with Gasteiger partial charge in [-0.15, -0.1) is 6.58 Å². The summed E-state index contributed by atoms with van der Waals surface area (Å²) in [6, 6.07) is 1.92. The lowest BCUT2D eigenvalue weighted by Gasteiger charge is -2.32. The van der Waals surface area contributed by atoms with Crippen molar-refractivity contribution in [1.82, 2.24) is 25.5 Å². The van der Waals surface area contributed by atoms with Gasteiger partial charge in [0, 0.05) is 37.9 Å². The van der Waals surface area contributed by atoms with Crippen LogP contribution in [0.1, 0.15) is 50.5 Å². The largest absolute Gasteiger partial charge is 0.396 e. The van der Waals surface area contributed by atoms with Crippen LogP contribution in [-0.4, -0.2) is 65.3 Å². The Kier molecular flexibility index (Phi) is 22.5. The molecule has 11 heteroatoms. The molecule has 2 aromatic heterocycles. The van der Waals surface area contributed by atoms with E-state index in [9.17, 15) is 18.4 Å². The third-order valence-corrected chi connectivity index (χ3v) is 4.14. The molecule has 1 fully saturated rings. The maximum absolute atomic E-state index is 12.0. The van der Waals surface area contributed by atoms with E-state index in [2.05, 4.69) is 37.0 Å². The monoisotopic (exact) mass is 495 g/mol. The maximum atomic E-state index is 12.0. The summed E-state index contributed by atoms with van der Waals surface area (Å²) >= 11 is 0. The van der Waals surface area contributed by atoms with Crippen LogP contribution in [0.2, 0.25) is 0 Å². The summed E-state index contributed by atoms with van der Waals surface area (Å²) in [5.41, 5.74) is 6.35. The number of aromatic nitrogens is 4. The summed E-state index contributed by atoms with van der Waals surface area (Å²) in [6.45, 7) is 10.2. The van der Waals surface area contributed by atoms with Crippen molar-refractivity contribution in [2.24, 2.45) is 0 Å². The van der Waals surface area contributed by atoms with E-state index in [1.807, 2.05) is 32.9 Å². The summed E-state index contributed by atoms with van der Waals surface area (Å²) in [4.78, 5) is 32.2. The Labute approximate surface area is 206 Å². The standard InChI is InChI=1S/C13H17N7O.C5H8O.C3H5F.C2H6.CH3F/c14-10-8-17-19-11(10)12(21)18-9-2-6-20(7-3-9)13-15-4-1-5-16-13;1-2-3-4-5-6;1-2-3-4;2*1-2/h1,4-5,8-9H,2-3,6-7,14H2,(H,17,19)(H,18,21);2-3,5H,4H2,1H3;2H,1,3H2;1-2H3;1H3/b;3-2-;;;. The summed E-state index contributed by atoms with van der Waals surface area (Å²) in [5.74, 6) is 0.527. The lowest BCUT2D eigenvalue weighted by Crippen LogP contribution is -2.45. The fraction of sp³-hybridized carbons (Fsp3) is 0.458. The van der Waals surface area contributed by atoms with E-state index in [1.54, 1.807) is 18.5 Å². The number of nitrogens with two attached hydrogens (primary N) is 1. The van der Waals surface area contributed by atoms with Crippen LogP contribution in [0.5, 0.6) is 0 Å². The summed E-state index contributed by atoms with van der Waals surface area (Å²) in [7, 11) is 0.500. The van der Waals surface area contributed by atoms with Crippen LogP contribution < -0.4 is 16.0 Å². The van der Waals surface area contributed by atoms with Gasteiger partial charge < -0.3 is 20.7 Å². The number of H-pyrrole nitrogens is 1. The second kappa shape index (κ2) is 23.5. The van der Waals surface area contributed by atoms with Gasteiger partial charge in [0.05, 0.1) is 19.1 Å². The van der Waals surface area contributed by atoms with E-state index in [4.69, 9.17) is 5.73 Å². The molecule has 0 radical (unpaired) electrons. The molecule has 0 unspecified atom stereocenters. The Balaban J connectivity index is 0. The Morgan fingerprint density at radius 3 is 2.26 bits per heavy atom. The van der Waals surface area contributed by atoms with Crippen LogP contribution in [0.3, 0.4) is 0 Å². The third kappa shape index (κ3) is 15.0. The Bertz CT molecular complexity index is 809. The zero-order chi connectivity index (χ0) is 26.9.